The predicted molar refractivity (Wildman–Crippen MR) is 62.1 cm³/mol. The lowest BCUT2D eigenvalue weighted by Gasteiger charge is -2.04. The average Bonchev–Trinajstić information content (AvgIpc) is 2.77. The van der Waals surface area contributed by atoms with Gasteiger partial charge in [-0.05, 0) is 25.4 Å². The maximum Gasteiger partial charge on any atom is 0.0950 e. The summed E-state index contributed by atoms with van der Waals surface area (Å²) in [6.45, 7) is 4.09. The van der Waals surface area contributed by atoms with Crippen LogP contribution in [0.1, 0.15) is 27.3 Å². The molecule has 4 nitrogen and oxygen atoms in total. The molecule has 1 unspecified atom stereocenters. The van der Waals surface area contributed by atoms with Gasteiger partial charge in [-0.2, -0.15) is 0 Å². The fourth-order valence-electron chi connectivity index (χ4n) is 1.25. The van der Waals surface area contributed by atoms with Gasteiger partial charge in [0, 0.05) is 16.7 Å². The highest BCUT2D eigenvalue weighted by Gasteiger charge is 2.13. The van der Waals surface area contributed by atoms with Crippen molar-refractivity contribution in [1.82, 2.24) is 14.6 Å². The Morgan fingerprint density at radius 1 is 1.47 bits per heavy atom. The molecule has 0 radical (unpaired) electrons. The van der Waals surface area contributed by atoms with Crippen LogP contribution in [-0.4, -0.2) is 14.6 Å². The van der Waals surface area contributed by atoms with Crippen LogP contribution in [0.2, 0.25) is 0 Å². The summed E-state index contributed by atoms with van der Waals surface area (Å²) in [6.07, 6.45) is 0.741. The fourth-order valence-corrected chi connectivity index (χ4v) is 2.76. The van der Waals surface area contributed by atoms with Crippen LogP contribution in [0, 0.1) is 13.8 Å². The highest BCUT2D eigenvalue weighted by atomic mass is 32.1. The minimum Gasteiger partial charge on any atom is -0.322 e. The van der Waals surface area contributed by atoms with Crippen molar-refractivity contribution in [3.63, 3.8) is 0 Å². The molecule has 0 bridgehead atoms. The van der Waals surface area contributed by atoms with Crippen molar-refractivity contribution in [1.29, 1.82) is 0 Å². The number of hydrogen-bond donors (Lipinski definition) is 1. The molecule has 80 valence electrons. The summed E-state index contributed by atoms with van der Waals surface area (Å²) >= 11 is 3.03. The number of aromatic nitrogens is 3. The molecule has 2 heterocycles. The average molecular weight is 240 g/mol. The number of nitrogens with two attached hydrogens (primary N) is 1. The van der Waals surface area contributed by atoms with Gasteiger partial charge in [-0.15, -0.1) is 16.4 Å². The van der Waals surface area contributed by atoms with Gasteiger partial charge in [0.05, 0.1) is 22.4 Å². The van der Waals surface area contributed by atoms with Gasteiger partial charge in [-0.3, -0.25) is 0 Å². The van der Waals surface area contributed by atoms with Crippen LogP contribution >= 0.6 is 22.9 Å². The maximum atomic E-state index is 6.00. The van der Waals surface area contributed by atoms with Crippen molar-refractivity contribution in [2.75, 3.05) is 0 Å². The van der Waals surface area contributed by atoms with E-state index in [9.17, 15) is 0 Å². The summed E-state index contributed by atoms with van der Waals surface area (Å²) in [7, 11) is 0. The monoisotopic (exact) mass is 240 g/mol. The fraction of sp³-hybridized carbons (Fsp3) is 0.444. The van der Waals surface area contributed by atoms with Crippen molar-refractivity contribution < 1.29 is 0 Å². The van der Waals surface area contributed by atoms with E-state index in [0.29, 0.717) is 0 Å². The quantitative estimate of drug-likeness (QED) is 0.889. The standard InChI is InChI=1S/C9H12N4S2/c1-5-6(2)15-9(11-5)3-7(10)8-4-14-13-12-8/h4,7H,3,10H2,1-2H3. The van der Waals surface area contributed by atoms with Crippen molar-refractivity contribution in [3.8, 4) is 0 Å². The highest BCUT2D eigenvalue weighted by Crippen LogP contribution is 2.21. The first-order valence-electron chi connectivity index (χ1n) is 4.62. The van der Waals surface area contributed by atoms with Crippen molar-refractivity contribution >= 4 is 22.9 Å². The topological polar surface area (TPSA) is 64.7 Å². The predicted octanol–water partition coefficient (Wildman–Crippen LogP) is 1.85. The lowest BCUT2D eigenvalue weighted by Crippen LogP contribution is -2.13. The number of aryl methyl sites for hydroxylation is 2. The van der Waals surface area contributed by atoms with Gasteiger partial charge in [-0.25, -0.2) is 4.98 Å². The van der Waals surface area contributed by atoms with Crippen molar-refractivity contribution in [2.45, 2.75) is 26.3 Å². The Morgan fingerprint density at radius 3 is 2.80 bits per heavy atom. The van der Waals surface area contributed by atoms with Crippen LogP contribution in [0.5, 0.6) is 0 Å². The molecule has 0 aliphatic heterocycles. The van der Waals surface area contributed by atoms with Gasteiger partial charge in [-0.1, -0.05) is 4.49 Å². The second-order valence-electron chi connectivity index (χ2n) is 3.39. The Morgan fingerprint density at radius 2 is 2.27 bits per heavy atom. The van der Waals surface area contributed by atoms with E-state index in [0.717, 1.165) is 22.8 Å². The molecule has 0 spiro atoms. The van der Waals surface area contributed by atoms with Crippen molar-refractivity contribution in [3.05, 3.63) is 26.7 Å². The molecule has 2 rings (SSSR count). The summed E-state index contributed by atoms with van der Waals surface area (Å²) in [4.78, 5) is 5.71. The molecule has 1 atom stereocenters. The maximum absolute atomic E-state index is 6.00. The molecular weight excluding hydrogens is 228 g/mol. The molecule has 15 heavy (non-hydrogen) atoms. The van der Waals surface area contributed by atoms with Crippen LogP contribution in [0.4, 0.5) is 0 Å². The molecule has 0 aliphatic carbocycles. The Balaban J connectivity index is 2.09. The van der Waals surface area contributed by atoms with Crippen LogP contribution in [0.25, 0.3) is 0 Å². The molecule has 2 aromatic rings. The van der Waals surface area contributed by atoms with E-state index >= 15 is 0 Å². The smallest absolute Gasteiger partial charge is 0.0950 e. The Kier molecular flexibility index (Phi) is 3.08. The lowest BCUT2D eigenvalue weighted by molar-refractivity contribution is 0.688. The summed E-state index contributed by atoms with van der Waals surface area (Å²) in [5, 5.41) is 6.92. The third-order valence-electron chi connectivity index (χ3n) is 2.22. The number of hydrogen-bond acceptors (Lipinski definition) is 6. The largest absolute Gasteiger partial charge is 0.322 e. The van der Waals surface area contributed by atoms with E-state index in [4.69, 9.17) is 5.73 Å². The molecule has 2 N–H and O–H groups in total. The Bertz CT molecular complexity index is 415. The SMILES string of the molecule is Cc1nc(CC(N)c2csnn2)sc1C. The summed E-state index contributed by atoms with van der Waals surface area (Å²) in [5.74, 6) is 0. The molecule has 0 saturated heterocycles. The van der Waals surface area contributed by atoms with E-state index in [2.05, 4.69) is 21.5 Å². The van der Waals surface area contributed by atoms with Gasteiger partial charge in [0.1, 0.15) is 0 Å². The molecular formula is C9H12N4S2. The first-order valence-corrected chi connectivity index (χ1v) is 6.27. The normalized spacial score (nSPS) is 13.0. The van der Waals surface area contributed by atoms with Gasteiger partial charge in [0.25, 0.3) is 0 Å². The molecule has 0 aliphatic rings. The molecule has 6 heteroatoms. The van der Waals surface area contributed by atoms with Crippen molar-refractivity contribution in [2.24, 2.45) is 5.73 Å². The number of rotatable bonds is 3. The van der Waals surface area contributed by atoms with Gasteiger partial charge < -0.3 is 5.73 Å². The summed E-state index contributed by atoms with van der Waals surface area (Å²) in [5.41, 5.74) is 7.95. The van der Waals surface area contributed by atoms with Crippen LogP contribution in [0.3, 0.4) is 0 Å². The third kappa shape index (κ3) is 2.39. The molecule has 0 aromatic carbocycles. The Labute approximate surface area is 96.3 Å². The van der Waals surface area contributed by atoms with Gasteiger partial charge >= 0.3 is 0 Å². The van der Waals surface area contributed by atoms with E-state index < -0.39 is 0 Å². The second kappa shape index (κ2) is 4.34. The second-order valence-corrected chi connectivity index (χ2v) is 5.29. The van der Waals surface area contributed by atoms with Crippen LogP contribution in [0.15, 0.2) is 5.38 Å². The molecule has 0 saturated carbocycles. The zero-order valence-corrected chi connectivity index (χ0v) is 10.2. The molecule has 0 fully saturated rings. The van der Waals surface area contributed by atoms with E-state index in [-0.39, 0.29) is 6.04 Å². The first kappa shape index (κ1) is 10.7. The van der Waals surface area contributed by atoms with E-state index in [1.165, 1.54) is 16.4 Å². The minimum absolute atomic E-state index is 0.0892. The highest BCUT2D eigenvalue weighted by molar-refractivity contribution is 7.11. The van der Waals surface area contributed by atoms with Crippen LogP contribution in [-0.2, 0) is 6.42 Å². The van der Waals surface area contributed by atoms with Gasteiger partial charge in [0.15, 0.2) is 0 Å². The third-order valence-corrected chi connectivity index (χ3v) is 3.84. The van der Waals surface area contributed by atoms with E-state index in [1.807, 2.05) is 12.3 Å². The number of thiazole rings is 1. The number of nitrogens with zero attached hydrogens (tertiary/aromatic N) is 3. The van der Waals surface area contributed by atoms with E-state index in [1.54, 1.807) is 11.3 Å². The summed E-state index contributed by atoms with van der Waals surface area (Å²) in [6, 6.07) is -0.0892. The summed E-state index contributed by atoms with van der Waals surface area (Å²) < 4.78 is 3.80. The minimum atomic E-state index is -0.0892. The molecule has 2 aromatic heterocycles. The first-order chi connectivity index (χ1) is 7.16. The zero-order valence-electron chi connectivity index (χ0n) is 8.60. The molecule has 0 amide bonds. The zero-order chi connectivity index (χ0) is 10.8. The Hall–Kier alpha value is -0.850. The van der Waals surface area contributed by atoms with Gasteiger partial charge in [0.2, 0.25) is 0 Å². The lowest BCUT2D eigenvalue weighted by atomic mass is 10.2. The van der Waals surface area contributed by atoms with Crippen LogP contribution < -0.4 is 5.73 Å².